The van der Waals surface area contributed by atoms with Crippen LogP contribution in [0.4, 0.5) is 23.1 Å². The van der Waals surface area contributed by atoms with Crippen molar-refractivity contribution in [2.45, 2.75) is 39.5 Å². The van der Waals surface area contributed by atoms with E-state index in [0.29, 0.717) is 47.1 Å². The first-order valence-electron chi connectivity index (χ1n) is 12.0. The van der Waals surface area contributed by atoms with Crippen LogP contribution in [0, 0.1) is 11.3 Å². The largest absolute Gasteiger partial charge is 0.369 e. The SMILES string of the molecule is CC(C)(C(N)=O)C(=O)NCCCNc1nc(Nc2cccc(NC(=O)C3CC(=O)CC(=O)C3)c2)ncc1Br. The minimum absolute atomic E-state index is 0.0652. The Kier molecular flexibility index (Phi) is 9.50. The number of amides is 3. The molecule has 0 saturated heterocycles. The van der Waals surface area contributed by atoms with Crippen molar-refractivity contribution >= 4 is 68.4 Å². The summed E-state index contributed by atoms with van der Waals surface area (Å²) in [7, 11) is 0. The Labute approximate surface area is 228 Å². The number of aromatic nitrogens is 2. The second-order valence-corrected chi connectivity index (χ2v) is 10.3. The summed E-state index contributed by atoms with van der Waals surface area (Å²) >= 11 is 3.40. The summed E-state index contributed by atoms with van der Waals surface area (Å²) < 4.78 is 0.638. The molecule has 1 aromatic heterocycles. The van der Waals surface area contributed by atoms with Gasteiger partial charge in [0.15, 0.2) is 0 Å². The summed E-state index contributed by atoms with van der Waals surface area (Å²) in [5, 5.41) is 11.7. The summed E-state index contributed by atoms with van der Waals surface area (Å²) in [5.41, 5.74) is 5.09. The van der Waals surface area contributed by atoms with E-state index >= 15 is 0 Å². The molecule has 0 bridgehead atoms. The topological polar surface area (TPSA) is 185 Å². The normalized spacial score (nSPS) is 14.1. The number of rotatable bonds is 11. The Morgan fingerprint density at radius 3 is 2.47 bits per heavy atom. The van der Waals surface area contributed by atoms with Crippen molar-refractivity contribution in [2.24, 2.45) is 17.1 Å². The van der Waals surface area contributed by atoms with E-state index in [1.165, 1.54) is 13.8 Å². The van der Waals surface area contributed by atoms with Crippen LogP contribution in [0.1, 0.15) is 39.5 Å². The fraction of sp³-hybridized carbons (Fsp3) is 0.400. The number of hydrogen-bond donors (Lipinski definition) is 5. The first kappa shape index (κ1) is 28.7. The Morgan fingerprint density at radius 1 is 1.11 bits per heavy atom. The summed E-state index contributed by atoms with van der Waals surface area (Å²) in [4.78, 5) is 68.1. The molecule has 1 heterocycles. The first-order valence-corrected chi connectivity index (χ1v) is 12.8. The van der Waals surface area contributed by atoms with E-state index in [4.69, 9.17) is 5.73 Å². The fourth-order valence-corrected chi connectivity index (χ4v) is 3.93. The molecule has 0 spiro atoms. The van der Waals surface area contributed by atoms with Gasteiger partial charge in [0.1, 0.15) is 22.8 Å². The number of nitrogens with one attached hydrogen (secondary N) is 4. The molecule has 13 heteroatoms. The summed E-state index contributed by atoms with van der Waals surface area (Å²) in [6, 6.07) is 6.91. The van der Waals surface area contributed by atoms with Crippen LogP contribution in [0.3, 0.4) is 0 Å². The maximum Gasteiger partial charge on any atom is 0.235 e. The van der Waals surface area contributed by atoms with Gasteiger partial charge >= 0.3 is 0 Å². The van der Waals surface area contributed by atoms with Gasteiger partial charge in [0, 0.05) is 43.5 Å². The lowest BCUT2D eigenvalue weighted by Gasteiger charge is -2.19. The van der Waals surface area contributed by atoms with Crippen LogP contribution in [-0.4, -0.2) is 52.3 Å². The highest BCUT2D eigenvalue weighted by Gasteiger charge is 2.33. The molecule has 1 aliphatic carbocycles. The molecule has 3 amide bonds. The van der Waals surface area contributed by atoms with Crippen LogP contribution >= 0.6 is 15.9 Å². The molecule has 0 aliphatic heterocycles. The quantitative estimate of drug-likeness (QED) is 0.194. The van der Waals surface area contributed by atoms with Gasteiger partial charge in [-0.3, -0.25) is 24.0 Å². The number of carbonyl (C=O) groups excluding carboxylic acids is 5. The minimum Gasteiger partial charge on any atom is -0.369 e. The second-order valence-electron chi connectivity index (χ2n) is 9.47. The number of primary amides is 1. The van der Waals surface area contributed by atoms with Crippen LogP contribution in [-0.2, 0) is 24.0 Å². The average molecular weight is 588 g/mol. The minimum atomic E-state index is -1.28. The van der Waals surface area contributed by atoms with Crippen LogP contribution < -0.4 is 27.0 Å². The summed E-state index contributed by atoms with van der Waals surface area (Å²) in [5.74, 6) is -1.75. The fourth-order valence-electron chi connectivity index (χ4n) is 3.60. The van der Waals surface area contributed by atoms with Gasteiger partial charge in [0.05, 0.1) is 16.8 Å². The highest BCUT2D eigenvalue weighted by Crippen LogP contribution is 2.25. The van der Waals surface area contributed by atoms with Gasteiger partial charge < -0.3 is 27.0 Å². The third kappa shape index (κ3) is 7.81. The van der Waals surface area contributed by atoms with Gasteiger partial charge in [-0.1, -0.05) is 6.07 Å². The van der Waals surface area contributed by atoms with E-state index in [0.717, 1.165) is 0 Å². The summed E-state index contributed by atoms with van der Waals surface area (Å²) in [6.07, 6.45) is 2.18. The smallest absolute Gasteiger partial charge is 0.235 e. The Bertz CT molecular complexity index is 1230. The monoisotopic (exact) mass is 587 g/mol. The molecular formula is C25H30BrN7O5. The number of halogens is 1. The van der Waals surface area contributed by atoms with Gasteiger partial charge in [-0.25, -0.2) is 4.98 Å². The average Bonchev–Trinajstić information content (AvgIpc) is 2.85. The lowest BCUT2D eigenvalue weighted by molar-refractivity contribution is -0.139. The second kappa shape index (κ2) is 12.6. The van der Waals surface area contributed by atoms with E-state index in [9.17, 15) is 24.0 Å². The van der Waals surface area contributed by atoms with Crippen molar-refractivity contribution < 1.29 is 24.0 Å². The van der Waals surface area contributed by atoms with E-state index in [1.54, 1.807) is 30.5 Å². The van der Waals surface area contributed by atoms with Crippen molar-refractivity contribution in [3.05, 3.63) is 34.9 Å². The number of Topliss-reactive ketones (excluding diaryl/α,β-unsaturated/α-hetero) is 2. The molecule has 3 rings (SSSR count). The van der Waals surface area contributed by atoms with Crippen LogP contribution in [0.25, 0.3) is 0 Å². The molecule has 1 saturated carbocycles. The third-order valence-corrected chi connectivity index (χ3v) is 6.54. The van der Waals surface area contributed by atoms with Gasteiger partial charge in [0.25, 0.3) is 0 Å². The zero-order chi connectivity index (χ0) is 27.9. The Morgan fingerprint density at radius 2 is 1.79 bits per heavy atom. The molecule has 38 heavy (non-hydrogen) atoms. The van der Waals surface area contributed by atoms with Crippen LogP contribution in [0.2, 0.25) is 0 Å². The molecule has 0 unspecified atom stereocenters. The molecule has 12 nitrogen and oxygen atoms in total. The van der Waals surface area contributed by atoms with Crippen molar-refractivity contribution in [3.63, 3.8) is 0 Å². The first-order chi connectivity index (χ1) is 18.0. The molecule has 1 aliphatic rings. The molecule has 0 atom stereocenters. The van der Waals surface area contributed by atoms with Crippen molar-refractivity contribution in [1.82, 2.24) is 15.3 Å². The number of carbonyl (C=O) groups is 5. The van der Waals surface area contributed by atoms with Crippen LogP contribution in [0.15, 0.2) is 34.9 Å². The van der Waals surface area contributed by atoms with E-state index in [2.05, 4.69) is 47.2 Å². The lowest BCUT2D eigenvalue weighted by atomic mass is 9.87. The molecule has 202 valence electrons. The van der Waals surface area contributed by atoms with Crippen LogP contribution in [0.5, 0.6) is 0 Å². The number of nitrogens with zero attached hydrogens (tertiary/aromatic N) is 2. The van der Waals surface area contributed by atoms with Gasteiger partial charge in [-0.05, 0) is 54.4 Å². The zero-order valence-corrected chi connectivity index (χ0v) is 22.7. The molecule has 6 N–H and O–H groups in total. The van der Waals surface area contributed by atoms with Gasteiger partial charge in [0.2, 0.25) is 23.7 Å². The number of benzene rings is 1. The Hall–Kier alpha value is -3.87. The number of nitrogens with two attached hydrogens (primary N) is 1. The van der Waals surface area contributed by atoms with Crippen molar-refractivity contribution in [3.8, 4) is 0 Å². The lowest BCUT2D eigenvalue weighted by Crippen LogP contribution is -2.46. The number of hydrogen-bond acceptors (Lipinski definition) is 9. The predicted octanol–water partition coefficient (Wildman–Crippen LogP) is 2.29. The van der Waals surface area contributed by atoms with Gasteiger partial charge in [-0.2, -0.15) is 4.98 Å². The highest BCUT2D eigenvalue weighted by molar-refractivity contribution is 9.10. The molecule has 2 aromatic rings. The highest BCUT2D eigenvalue weighted by atomic mass is 79.9. The third-order valence-electron chi connectivity index (χ3n) is 5.96. The molecule has 0 radical (unpaired) electrons. The number of anilines is 4. The Balaban J connectivity index is 1.54. The summed E-state index contributed by atoms with van der Waals surface area (Å²) in [6.45, 7) is 3.78. The molecule has 1 fully saturated rings. The van der Waals surface area contributed by atoms with Crippen molar-refractivity contribution in [1.29, 1.82) is 0 Å². The van der Waals surface area contributed by atoms with Crippen molar-refractivity contribution in [2.75, 3.05) is 29.0 Å². The zero-order valence-electron chi connectivity index (χ0n) is 21.1. The maximum atomic E-state index is 12.6. The van der Waals surface area contributed by atoms with E-state index in [1.807, 2.05) is 0 Å². The van der Waals surface area contributed by atoms with Gasteiger partial charge in [-0.15, -0.1) is 0 Å². The molecular weight excluding hydrogens is 558 g/mol. The van der Waals surface area contributed by atoms with E-state index < -0.39 is 23.1 Å². The predicted molar refractivity (Wildman–Crippen MR) is 145 cm³/mol. The standard InChI is InChI=1S/C25H30BrN7O5/c1-25(2,22(27)37)23(38)29-8-4-7-28-20-19(26)13-30-24(33-20)32-16-6-3-5-15(11-16)31-21(36)14-9-17(34)12-18(35)10-14/h3,5-6,11,13-14H,4,7-10,12H2,1-2H3,(H2,27,37)(H,29,38)(H,31,36)(H2,28,30,32,33). The maximum absolute atomic E-state index is 12.6. The molecule has 1 aromatic carbocycles. The number of ketones is 2. The van der Waals surface area contributed by atoms with E-state index in [-0.39, 0.29) is 36.7 Å².